The van der Waals surface area contributed by atoms with Crippen molar-refractivity contribution in [1.29, 1.82) is 0 Å². The van der Waals surface area contributed by atoms with Crippen molar-refractivity contribution in [2.45, 2.75) is 58.8 Å². The lowest BCUT2D eigenvalue weighted by Gasteiger charge is -2.46. The van der Waals surface area contributed by atoms with Gasteiger partial charge in [-0.05, 0) is 30.8 Å². The molecule has 2 N–H and O–H groups in total. The summed E-state index contributed by atoms with van der Waals surface area (Å²) in [6, 6.07) is -0.666. The third kappa shape index (κ3) is 6.39. The van der Waals surface area contributed by atoms with Crippen LogP contribution in [-0.4, -0.2) is 75.3 Å². The van der Waals surface area contributed by atoms with E-state index < -0.39 is 21.2 Å². The number of hydrogen-bond acceptors (Lipinski definition) is 6. The monoisotopic (exact) mass is 454 g/mol. The molecule has 0 aromatic rings. The number of nitrogens with zero attached hydrogens (tertiary/aromatic N) is 1. The number of nitrogens with one attached hydrogen (secondary N) is 1. The van der Waals surface area contributed by atoms with Gasteiger partial charge in [0, 0.05) is 31.5 Å². The van der Waals surface area contributed by atoms with Crippen LogP contribution in [-0.2, 0) is 18.8 Å². The Morgan fingerprint density at radius 3 is 2.58 bits per heavy atom. The zero-order chi connectivity index (χ0) is 23.3. The number of Topliss-reactive ketones (excluding diaryl/α,β-unsaturated/α-hetero) is 1. The fraction of sp³-hybridized carbons (Fsp3) is 0.773. The van der Waals surface area contributed by atoms with E-state index >= 15 is 0 Å². The summed E-state index contributed by atoms with van der Waals surface area (Å²) in [7, 11) is -1.23. The van der Waals surface area contributed by atoms with Crippen molar-refractivity contribution in [1.82, 2.24) is 10.2 Å². The number of likely N-dealkylation sites (tertiary alicyclic amines) is 1. The zero-order valence-corrected chi connectivity index (χ0v) is 20.6. The fourth-order valence-electron chi connectivity index (χ4n) is 4.43. The molecule has 1 unspecified atom stereocenters. The second-order valence-electron chi connectivity index (χ2n) is 9.95. The van der Waals surface area contributed by atoms with Crippen molar-refractivity contribution in [3.63, 3.8) is 0 Å². The lowest BCUT2D eigenvalue weighted by Crippen LogP contribution is -2.64. The standard InChI is InChI=1S/C22H38N2O6Si/c1-7-8-29-21(28)24-11-14(9-15(24)12-25)18(26)10-17-19(20(27)23-17)16(22(2,3)4)13-30-31(5)6/h7,14-17,19,25,31H,1,8-13H2,2-6H3,(H,23,27)/t14?,15-,16+,17+,19-/m0/s1. The number of carbonyl (C=O) groups is 3. The highest BCUT2D eigenvalue weighted by atomic mass is 28.3. The van der Waals surface area contributed by atoms with Gasteiger partial charge in [0.05, 0.1) is 18.6 Å². The molecule has 0 saturated carbocycles. The molecule has 0 radical (unpaired) electrons. The first-order valence-electron chi connectivity index (χ1n) is 11.1. The summed E-state index contributed by atoms with van der Waals surface area (Å²) in [5.41, 5.74) is -0.131. The summed E-state index contributed by atoms with van der Waals surface area (Å²) in [6.45, 7) is 14.6. The molecule has 2 fully saturated rings. The second-order valence-corrected chi connectivity index (χ2v) is 12.4. The molecule has 0 aromatic heterocycles. The summed E-state index contributed by atoms with van der Waals surface area (Å²) in [5, 5.41) is 12.5. The number of aliphatic hydroxyl groups is 1. The Morgan fingerprint density at radius 1 is 1.39 bits per heavy atom. The zero-order valence-electron chi connectivity index (χ0n) is 19.4. The van der Waals surface area contributed by atoms with Crippen molar-refractivity contribution < 1.29 is 28.7 Å². The van der Waals surface area contributed by atoms with Gasteiger partial charge in [0.1, 0.15) is 12.4 Å². The van der Waals surface area contributed by atoms with Crippen LogP contribution in [0.1, 0.15) is 33.6 Å². The van der Waals surface area contributed by atoms with Crippen molar-refractivity contribution in [2.75, 3.05) is 26.4 Å². The Balaban J connectivity index is 2.02. The first-order chi connectivity index (χ1) is 14.5. The Kier molecular flexibility index (Phi) is 8.85. The molecule has 8 nitrogen and oxygen atoms in total. The molecule has 31 heavy (non-hydrogen) atoms. The van der Waals surface area contributed by atoms with Crippen LogP contribution in [0.5, 0.6) is 0 Å². The molecule has 2 aliphatic heterocycles. The Labute approximate surface area is 187 Å². The van der Waals surface area contributed by atoms with E-state index in [2.05, 4.69) is 45.8 Å². The molecule has 5 atom stereocenters. The Morgan fingerprint density at radius 2 is 2.06 bits per heavy atom. The molecule has 9 heteroatoms. The maximum absolute atomic E-state index is 13.0. The maximum Gasteiger partial charge on any atom is 0.410 e. The minimum absolute atomic E-state index is 0.000664. The minimum atomic E-state index is -1.23. The van der Waals surface area contributed by atoms with Crippen LogP contribution in [0.4, 0.5) is 4.79 Å². The first-order valence-corrected chi connectivity index (χ1v) is 13.9. The van der Waals surface area contributed by atoms with E-state index in [9.17, 15) is 19.5 Å². The van der Waals surface area contributed by atoms with Crippen LogP contribution in [0.3, 0.4) is 0 Å². The topological polar surface area (TPSA) is 105 Å². The lowest BCUT2D eigenvalue weighted by atomic mass is 9.66. The van der Waals surface area contributed by atoms with E-state index in [1.165, 1.54) is 11.0 Å². The highest BCUT2D eigenvalue weighted by Crippen LogP contribution is 2.39. The van der Waals surface area contributed by atoms with Crippen LogP contribution in [0.25, 0.3) is 0 Å². The molecule has 2 rings (SSSR count). The number of hydrogen-bond donors (Lipinski definition) is 2. The molecular weight excluding hydrogens is 416 g/mol. The van der Waals surface area contributed by atoms with Crippen LogP contribution >= 0.6 is 0 Å². The van der Waals surface area contributed by atoms with Crippen molar-refractivity contribution in [3.05, 3.63) is 12.7 Å². The third-order valence-corrected chi connectivity index (χ3v) is 7.14. The molecular formula is C22H38N2O6Si. The number of amides is 2. The summed E-state index contributed by atoms with van der Waals surface area (Å²) < 4.78 is 11.0. The molecule has 2 aliphatic rings. The smallest absolute Gasteiger partial charge is 0.410 e. The van der Waals surface area contributed by atoms with Crippen molar-refractivity contribution in [2.24, 2.45) is 23.2 Å². The number of carbonyl (C=O) groups excluding carboxylic acids is 3. The Bertz CT molecular complexity index is 677. The van der Waals surface area contributed by atoms with Crippen LogP contribution < -0.4 is 5.32 Å². The van der Waals surface area contributed by atoms with Gasteiger partial charge in [-0.25, -0.2) is 4.79 Å². The number of β-lactam (4-membered cyclic amide) rings is 1. The van der Waals surface area contributed by atoms with Crippen molar-refractivity contribution >= 4 is 26.8 Å². The molecule has 2 heterocycles. The van der Waals surface area contributed by atoms with Gasteiger partial charge >= 0.3 is 6.09 Å². The molecule has 0 spiro atoms. The quantitative estimate of drug-likeness (QED) is 0.296. The average molecular weight is 455 g/mol. The van der Waals surface area contributed by atoms with Gasteiger partial charge < -0.3 is 24.5 Å². The highest BCUT2D eigenvalue weighted by Gasteiger charge is 2.50. The summed E-state index contributed by atoms with van der Waals surface area (Å²) in [6.07, 6.45) is 1.54. The highest BCUT2D eigenvalue weighted by molar-refractivity contribution is 6.48. The van der Waals surface area contributed by atoms with Gasteiger partial charge in [-0.1, -0.05) is 33.4 Å². The predicted molar refractivity (Wildman–Crippen MR) is 120 cm³/mol. The van der Waals surface area contributed by atoms with Gasteiger partial charge in [-0.15, -0.1) is 0 Å². The average Bonchev–Trinajstić information content (AvgIpc) is 3.12. The Hall–Kier alpha value is -1.71. The van der Waals surface area contributed by atoms with Gasteiger partial charge in [0.25, 0.3) is 0 Å². The number of ether oxygens (including phenoxy) is 1. The van der Waals surface area contributed by atoms with E-state index in [-0.39, 0.29) is 67.1 Å². The number of ketones is 1. The second kappa shape index (κ2) is 10.7. The van der Waals surface area contributed by atoms with Gasteiger partial charge in [-0.3, -0.25) is 9.59 Å². The summed E-state index contributed by atoms with van der Waals surface area (Å²) >= 11 is 0. The normalized spacial score (nSPS) is 26.9. The van der Waals surface area contributed by atoms with Crippen LogP contribution in [0.2, 0.25) is 13.1 Å². The lowest BCUT2D eigenvalue weighted by molar-refractivity contribution is -0.143. The summed E-state index contributed by atoms with van der Waals surface area (Å²) in [5.74, 6) is -0.646. The maximum atomic E-state index is 13.0. The molecule has 0 aromatic carbocycles. The molecule has 2 saturated heterocycles. The van der Waals surface area contributed by atoms with E-state index in [1.54, 1.807) is 0 Å². The van der Waals surface area contributed by atoms with E-state index in [4.69, 9.17) is 9.16 Å². The van der Waals surface area contributed by atoms with Crippen LogP contribution in [0.15, 0.2) is 12.7 Å². The third-order valence-electron chi connectivity index (χ3n) is 6.28. The minimum Gasteiger partial charge on any atom is -0.445 e. The van der Waals surface area contributed by atoms with Gasteiger partial charge in [0.15, 0.2) is 9.04 Å². The molecule has 0 bridgehead atoms. The summed E-state index contributed by atoms with van der Waals surface area (Å²) in [4.78, 5) is 39.1. The number of aliphatic hydroxyl groups excluding tert-OH is 1. The van der Waals surface area contributed by atoms with Crippen molar-refractivity contribution in [3.8, 4) is 0 Å². The van der Waals surface area contributed by atoms with Crippen LogP contribution in [0, 0.1) is 23.2 Å². The largest absolute Gasteiger partial charge is 0.445 e. The molecule has 176 valence electrons. The SMILES string of the molecule is C=CCOC(=O)N1CC(C(=O)C[C@H]2NC(=O)[C@H]2[C@@H](CO[SiH](C)C)C(C)(C)C)C[C@H]1CO. The molecule has 2 amide bonds. The van der Waals surface area contributed by atoms with Gasteiger partial charge in [0.2, 0.25) is 5.91 Å². The van der Waals surface area contributed by atoms with E-state index in [0.717, 1.165) is 0 Å². The molecule has 0 aliphatic carbocycles. The van der Waals surface area contributed by atoms with E-state index in [0.29, 0.717) is 13.0 Å². The van der Waals surface area contributed by atoms with E-state index in [1.807, 2.05) is 0 Å². The first kappa shape index (κ1) is 25.5. The predicted octanol–water partition coefficient (Wildman–Crippen LogP) is 1.73. The fourth-order valence-corrected chi connectivity index (χ4v) is 5.02. The van der Waals surface area contributed by atoms with Gasteiger partial charge in [-0.2, -0.15) is 0 Å². The number of rotatable bonds is 10.